The molecule has 4 aromatic rings. The Bertz CT molecular complexity index is 1490. The van der Waals surface area contributed by atoms with E-state index in [0.29, 0.717) is 17.3 Å². The molecule has 0 N–H and O–H groups in total. The zero-order chi connectivity index (χ0) is 26.7. The molecule has 0 fully saturated rings. The summed E-state index contributed by atoms with van der Waals surface area (Å²) >= 11 is 13.0. The molecule has 194 valence electrons. The number of hydrogen-bond donors (Lipinski definition) is 0. The van der Waals surface area contributed by atoms with Gasteiger partial charge in [0.2, 0.25) is 5.88 Å². The number of pyridine rings is 1. The van der Waals surface area contributed by atoms with Gasteiger partial charge in [-0.25, -0.2) is 23.4 Å². The van der Waals surface area contributed by atoms with Crippen LogP contribution >= 0.6 is 23.2 Å². The molecule has 2 atom stereocenters. The van der Waals surface area contributed by atoms with E-state index in [1.807, 2.05) is 6.92 Å². The second-order valence-corrected chi connectivity index (χ2v) is 11.4. The highest BCUT2D eigenvalue weighted by Crippen LogP contribution is 2.34. The fraction of sp³-hybridized carbons (Fsp3) is 0.292. The van der Waals surface area contributed by atoms with Gasteiger partial charge in [0.1, 0.15) is 17.6 Å². The molecule has 0 spiro atoms. The summed E-state index contributed by atoms with van der Waals surface area (Å²) in [5, 5.41) is 8.02. The maximum Gasteiger partial charge on any atom is 0.213 e. The van der Waals surface area contributed by atoms with Crippen molar-refractivity contribution in [3.8, 4) is 23.1 Å². The van der Waals surface area contributed by atoms with Crippen molar-refractivity contribution in [2.45, 2.75) is 31.0 Å². The molecule has 10 nitrogen and oxygen atoms in total. The number of rotatable bonds is 9. The first-order valence-corrected chi connectivity index (χ1v) is 13.6. The minimum atomic E-state index is -3.88. The standard InChI is InChI=1S/C24H24Cl2N6O4S/c1-14-11-27-23(28-12-14)22(36-4)15(2)37(33,34)13-19-30-31-24(18-9-6-10-20(29-18)35-3)32(19)21-16(25)7-5-8-17(21)26/h5-12,15,22H,13H2,1-4H3/t15-,22-/m0/s1. The summed E-state index contributed by atoms with van der Waals surface area (Å²) in [5.74, 6) is 0.471. The highest BCUT2D eigenvalue weighted by atomic mass is 35.5. The maximum absolute atomic E-state index is 13.6. The molecule has 0 amide bonds. The van der Waals surface area contributed by atoms with Crippen molar-refractivity contribution in [3.05, 3.63) is 76.0 Å². The Morgan fingerprint density at radius 1 is 1.00 bits per heavy atom. The SMILES string of the molecule is COc1cccc(-c2nnc(CS(=O)(=O)[C@@H](C)[C@H](OC)c3ncc(C)cn3)n2-c2c(Cl)cccc2Cl)n1. The zero-order valence-corrected chi connectivity index (χ0v) is 22.8. The fourth-order valence-corrected chi connectivity index (χ4v) is 5.71. The maximum atomic E-state index is 13.6. The van der Waals surface area contributed by atoms with Crippen LogP contribution in [-0.2, 0) is 20.3 Å². The van der Waals surface area contributed by atoms with Crippen LogP contribution in [0.15, 0.2) is 48.8 Å². The summed E-state index contributed by atoms with van der Waals surface area (Å²) in [6, 6.07) is 10.1. The van der Waals surface area contributed by atoms with Gasteiger partial charge in [-0.1, -0.05) is 35.3 Å². The molecule has 37 heavy (non-hydrogen) atoms. The van der Waals surface area contributed by atoms with E-state index < -0.39 is 26.9 Å². The number of benzene rings is 1. The van der Waals surface area contributed by atoms with Gasteiger partial charge in [-0.05, 0) is 37.6 Å². The number of aryl methyl sites for hydroxylation is 1. The molecule has 4 rings (SSSR count). The van der Waals surface area contributed by atoms with Crippen LogP contribution in [0.4, 0.5) is 0 Å². The van der Waals surface area contributed by atoms with Gasteiger partial charge in [-0.15, -0.1) is 10.2 Å². The molecule has 0 aliphatic heterocycles. The molecule has 0 unspecified atom stereocenters. The van der Waals surface area contributed by atoms with Crippen LogP contribution in [0.5, 0.6) is 5.88 Å². The Balaban J connectivity index is 1.81. The fourth-order valence-electron chi connectivity index (χ4n) is 3.72. The van der Waals surface area contributed by atoms with Gasteiger partial charge in [0.15, 0.2) is 27.3 Å². The topological polar surface area (TPSA) is 122 Å². The molecular weight excluding hydrogens is 539 g/mol. The minimum Gasteiger partial charge on any atom is -0.481 e. The van der Waals surface area contributed by atoms with E-state index in [0.717, 1.165) is 5.56 Å². The summed E-state index contributed by atoms with van der Waals surface area (Å²) in [4.78, 5) is 12.9. The molecular formula is C24H24Cl2N6O4S. The van der Waals surface area contributed by atoms with E-state index in [1.165, 1.54) is 18.8 Å². The zero-order valence-electron chi connectivity index (χ0n) is 20.5. The first-order chi connectivity index (χ1) is 17.7. The first-order valence-electron chi connectivity index (χ1n) is 11.1. The molecule has 0 aliphatic carbocycles. The molecule has 3 heterocycles. The van der Waals surface area contributed by atoms with Crippen molar-refractivity contribution >= 4 is 33.0 Å². The molecule has 13 heteroatoms. The van der Waals surface area contributed by atoms with E-state index >= 15 is 0 Å². The lowest BCUT2D eigenvalue weighted by atomic mass is 10.2. The summed E-state index contributed by atoms with van der Waals surface area (Å²) in [5.41, 5.74) is 1.57. The van der Waals surface area contributed by atoms with E-state index in [2.05, 4.69) is 25.1 Å². The monoisotopic (exact) mass is 562 g/mol. The second kappa shape index (κ2) is 11.1. The molecule has 0 aliphatic rings. The minimum absolute atomic E-state index is 0.0983. The quantitative estimate of drug-likeness (QED) is 0.291. The highest BCUT2D eigenvalue weighted by Gasteiger charge is 2.35. The average Bonchev–Trinajstić information content (AvgIpc) is 3.27. The van der Waals surface area contributed by atoms with Gasteiger partial charge in [-0.3, -0.25) is 4.57 Å². The number of hydrogen-bond acceptors (Lipinski definition) is 9. The molecule has 0 saturated heterocycles. The van der Waals surface area contributed by atoms with Crippen molar-refractivity contribution < 1.29 is 17.9 Å². The molecule has 3 aromatic heterocycles. The van der Waals surface area contributed by atoms with Crippen molar-refractivity contribution in [1.29, 1.82) is 0 Å². The van der Waals surface area contributed by atoms with Crippen LogP contribution in [0.2, 0.25) is 10.0 Å². The highest BCUT2D eigenvalue weighted by molar-refractivity contribution is 7.91. The Hall–Kier alpha value is -3.12. The molecule has 0 radical (unpaired) electrons. The van der Waals surface area contributed by atoms with Crippen LogP contribution in [0.3, 0.4) is 0 Å². The van der Waals surface area contributed by atoms with Crippen molar-refractivity contribution in [2.24, 2.45) is 0 Å². The third-order valence-electron chi connectivity index (χ3n) is 5.69. The predicted octanol–water partition coefficient (Wildman–Crippen LogP) is 4.43. The number of sulfone groups is 1. The Kier molecular flexibility index (Phi) is 8.08. The van der Waals surface area contributed by atoms with Crippen molar-refractivity contribution in [2.75, 3.05) is 14.2 Å². The summed E-state index contributed by atoms with van der Waals surface area (Å²) in [6.45, 7) is 3.38. The van der Waals surface area contributed by atoms with Crippen LogP contribution < -0.4 is 4.74 Å². The van der Waals surface area contributed by atoms with Gasteiger partial charge in [-0.2, -0.15) is 0 Å². The number of ether oxygens (including phenoxy) is 2. The summed E-state index contributed by atoms with van der Waals surface area (Å²) in [7, 11) is -0.974. The molecule has 0 saturated carbocycles. The number of halogens is 2. The van der Waals surface area contributed by atoms with Gasteiger partial charge in [0, 0.05) is 25.6 Å². The number of nitrogens with zero attached hydrogens (tertiary/aromatic N) is 6. The van der Waals surface area contributed by atoms with E-state index in [9.17, 15) is 8.42 Å². The van der Waals surface area contributed by atoms with Gasteiger partial charge < -0.3 is 9.47 Å². The van der Waals surface area contributed by atoms with Crippen molar-refractivity contribution in [1.82, 2.24) is 29.7 Å². The molecule has 0 bridgehead atoms. The van der Waals surface area contributed by atoms with Gasteiger partial charge >= 0.3 is 0 Å². The third-order valence-corrected chi connectivity index (χ3v) is 8.34. The van der Waals surface area contributed by atoms with E-state index in [1.54, 1.807) is 55.7 Å². The lowest BCUT2D eigenvalue weighted by Crippen LogP contribution is -2.30. The third kappa shape index (κ3) is 5.59. The first kappa shape index (κ1) is 26.9. The Morgan fingerprint density at radius 2 is 1.65 bits per heavy atom. The van der Waals surface area contributed by atoms with Crippen LogP contribution in [0.25, 0.3) is 17.2 Å². The smallest absolute Gasteiger partial charge is 0.213 e. The normalized spacial score (nSPS) is 13.4. The molecule has 1 aromatic carbocycles. The lowest BCUT2D eigenvalue weighted by molar-refractivity contribution is 0.0947. The lowest BCUT2D eigenvalue weighted by Gasteiger charge is -2.22. The van der Waals surface area contributed by atoms with Crippen LogP contribution in [0.1, 0.15) is 30.2 Å². The van der Waals surface area contributed by atoms with Crippen LogP contribution in [-0.4, -0.2) is 57.6 Å². The predicted molar refractivity (Wildman–Crippen MR) is 140 cm³/mol. The van der Waals surface area contributed by atoms with E-state index in [-0.39, 0.29) is 27.5 Å². The summed E-state index contributed by atoms with van der Waals surface area (Å²) < 4.78 is 39.5. The van der Waals surface area contributed by atoms with Gasteiger partial charge in [0.25, 0.3) is 0 Å². The van der Waals surface area contributed by atoms with Crippen LogP contribution in [0, 0.1) is 6.92 Å². The number of para-hydroxylation sites is 1. The van der Waals surface area contributed by atoms with Crippen molar-refractivity contribution in [3.63, 3.8) is 0 Å². The Morgan fingerprint density at radius 3 is 2.27 bits per heavy atom. The average molecular weight is 563 g/mol. The van der Waals surface area contributed by atoms with E-state index in [4.69, 9.17) is 32.7 Å². The Labute approximate surface area is 224 Å². The summed E-state index contributed by atoms with van der Waals surface area (Å²) in [6.07, 6.45) is 2.32. The second-order valence-electron chi connectivity index (χ2n) is 8.20. The largest absolute Gasteiger partial charge is 0.481 e. The van der Waals surface area contributed by atoms with Gasteiger partial charge in [0.05, 0.1) is 28.1 Å². The number of methoxy groups -OCH3 is 2. The number of aromatic nitrogens is 6.